The molecule has 0 aliphatic carbocycles. The maximum Gasteiger partial charge on any atom is 0.261 e. The molecule has 5 heteroatoms. The van der Waals surface area contributed by atoms with Crippen LogP contribution in [0.5, 0.6) is 0 Å². The fourth-order valence-corrected chi connectivity index (χ4v) is 8.19. The third-order valence-electron chi connectivity index (χ3n) is 7.75. The van der Waals surface area contributed by atoms with Gasteiger partial charge >= 0.3 is 0 Å². The molecule has 0 radical (unpaired) electrons. The number of nitrogens with zero attached hydrogens (tertiary/aromatic N) is 1. The predicted octanol–water partition coefficient (Wildman–Crippen LogP) is 7.39. The van der Waals surface area contributed by atoms with Crippen LogP contribution >= 0.6 is 7.37 Å². The zero-order valence-electron chi connectivity index (χ0n) is 23.6. The van der Waals surface area contributed by atoms with Crippen molar-refractivity contribution in [3.05, 3.63) is 168 Å². The average molecular weight is 572 g/mol. The lowest BCUT2D eigenvalue weighted by atomic mass is 9.80. The van der Waals surface area contributed by atoms with Gasteiger partial charge in [-0.3, -0.25) is 4.57 Å². The molecule has 0 fully saturated rings. The normalized spacial score (nSPS) is 16.9. The van der Waals surface area contributed by atoms with E-state index < -0.39 is 19.0 Å². The summed E-state index contributed by atoms with van der Waals surface area (Å²) in [6.07, 6.45) is 0.680. The molecule has 5 aromatic rings. The van der Waals surface area contributed by atoms with Crippen LogP contribution in [0.3, 0.4) is 0 Å². The van der Waals surface area contributed by atoms with Gasteiger partial charge in [-0.2, -0.15) is 0 Å². The molecular formula is C37H34NO3P. The van der Waals surface area contributed by atoms with Crippen molar-refractivity contribution in [2.24, 2.45) is 4.99 Å². The molecule has 5 aromatic carbocycles. The first kappa shape index (κ1) is 27.9. The summed E-state index contributed by atoms with van der Waals surface area (Å²) in [6, 6.07) is 49.2. The van der Waals surface area contributed by atoms with E-state index in [0.717, 1.165) is 16.7 Å². The van der Waals surface area contributed by atoms with Crippen molar-refractivity contribution in [3.63, 3.8) is 0 Å². The van der Waals surface area contributed by atoms with Crippen molar-refractivity contribution in [1.82, 2.24) is 0 Å². The molecule has 0 N–H and O–H groups in total. The zero-order chi connectivity index (χ0) is 28.8. The Bertz CT molecular complexity index is 1570. The van der Waals surface area contributed by atoms with Gasteiger partial charge < -0.3 is 9.26 Å². The minimum atomic E-state index is -3.62. The van der Waals surface area contributed by atoms with E-state index >= 15 is 4.57 Å². The highest BCUT2D eigenvalue weighted by molar-refractivity contribution is 7.74. The Labute approximate surface area is 248 Å². The Kier molecular flexibility index (Phi) is 8.19. The molecule has 0 aromatic heterocycles. The van der Waals surface area contributed by atoms with E-state index in [-0.39, 0.29) is 6.10 Å². The number of hydrogen-bond donors (Lipinski definition) is 0. The molecule has 2 atom stereocenters. The van der Waals surface area contributed by atoms with Crippen molar-refractivity contribution < 1.29 is 13.8 Å². The zero-order valence-corrected chi connectivity index (χ0v) is 24.5. The highest BCUT2D eigenvalue weighted by Crippen LogP contribution is 2.52. The van der Waals surface area contributed by atoms with Crippen LogP contribution in [0.2, 0.25) is 0 Å². The summed E-state index contributed by atoms with van der Waals surface area (Å²) >= 11 is 0. The summed E-state index contributed by atoms with van der Waals surface area (Å²) in [7, 11) is -3.62. The smallest absolute Gasteiger partial charge is 0.261 e. The largest absolute Gasteiger partial charge is 0.472 e. The number of aliphatic imine (C=N–C) groups is 1. The highest BCUT2D eigenvalue weighted by Gasteiger charge is 2.51. The fourth-order valence-electron chi connectivity index (χ4n) is 5.80. The van der Waals surface area contributed by atoms with Gasteiger partial charge in [0.15, 0.2) is 0 Å². The van der Waals surface area contributed by atoms with Crippen LogP contribution in [-0.4, -0.2) is 23.6 Å². The Morgan fingerprint density at radius 2 is 1.05 bits per heavy atom. The van der Waals surface area contributed by atoms with Crippen molar-refractivity contribution in [3.8, 4) is 0 Å². The molecule has 1 heterocycles. The van der Waals surface area contributed by atoms with Gasteiger partial charge in [0.05, 0.1) is 0 Å². The Morgan fingerprint density at radius 1 is 0.643 bits per heavy atom. The summed E-state index contributed by atoms with van der Waals surface area (Å²) in [4.78, 5) is 5.22. The number of ether oxygens (including phenoxy) is 1. The van der Waals surface area contributed by atoms with E-state index in [1.54, 1.807) is 0 Å². The number of hydrogen-bond acceptors (Lipinski definition) is 4. The molecule has 6 rings (SSSR count). The lowest BCUT2D eigenvalue weighted by molar-refractivity contribution is 0.0185. The van der Waals surface area contributed by atoms with Gasteiger partial charge in [0.2, 0.25) is 5.90 Å². The molecule has 210 valence electrons. The maximum absolute atomic E-state index is 15.5. The van der Waals surface area contributed by atoms with Gasteiger partial charge in [-0.15, -0.1) is 0 Å². The third-order valence-corrected chi connectivity index (χ3v) is 10.3. The molecule has 0 amide bonds. The van der Waals surface area contributed by atoms with Gasteiger partial charge in [-0.1, -0.05) is 115 Å². The number of benzene rings is 5. The predicted molar refractivity (Wildman–Crippen MR) is 171 cm³/mol. The molecule has 0 unspecified atom stereocenters. The summed E-state index contributed by atoms with van der Waals surface area (Å²) in [5.41, 5.74) is 2.06. The molecule has 1 aliphatic rings. The molecule has 0 spiro atoms. The van der Waals surface area contributed by atoms with Gasteiger partial charge in [-0.25, -0.2) is 4.99 Å². The molecule has 0 saturated heterocycles. The molecule has 42 heavy (non-hydrogen) atoms. The Balaban J connectivity index is 1.57. The second-order valence-corrected chi connectivity index (χ2v) is 13.1. The van der Waals surface area contributed by atoms with E-state index in [1.165, 1.54) is 0 Å². The SMILES string of the molecule is C[C@H]1OC(c2ccccc2)=N[C@H]1C(Cc1ccccc1)(Cc1ccccc1)OP(=O)(c1ccccc1)c1ccccc1. The van der Waals surface area contributed by atoms with Gasteiger partial charge in [0, 0.05) is 29.0 Å². The van der Waals surface area contributed by atoms with Crippen LogP contribution in [0.4, 0.5) is 0 Å². The summed E-state index contributed by atoms with van der Waals surface area (Å²) in [6.45, 7) is 2.04. The molecule has 0 saturated carbocycles. The third kappa shape index (κ3) is 5.87. The molecule has 0 bridgehead atoms. The van der Waals surface area contributed by atoms with E-state index in [2.05, 4.69) is 24.3 Å². The first-order valence-electron chi connectivity index (χ1n) is 14.4. The van der Waals surface area contributed by atoms with Crippen molar-refractivity contribution >= 4 is 23.9 Å². The standard InChI is InChI=1S/C37H34NO3P/c1-29-35(38-36(40-29)32-21-11-4-12-22-32)37(27-30-17-7-2-8-18-30,28-31-19-9-3-10-20-31)41-42(39,33-23-13-5-14-24-33)34-25-15-6-16-26-34/h2-26,29,35H,27-28H2,1H3/t29-,35-/m1/s1. The molecular weight excluding hydrogens is 537 g/mol. The lowest BCUT2D eigenvalue weighted by Gasteiger charge is -2.41. The fraction of sp³-hybridized carbons (Fsp3) is 0.162. The lowest BCUT2D eigenvalue weighted by Crippen LogP contribution is -2.52. The number of rotatable bonds is 10. The Hall–Kier alpha value is -4.24. The second-order valence-electron chi connectivity index (χ2n) is 10.8. The molecule has 1 aliphatic heterocycles. The maximum atomic E-state index is 15.5. The van der Waals surface area contributed by atoms with Gasteiger partial charge in [0.1, 0.15) is 17.7 Å². The Morgan fingerprint density at radius 3 is 1.50 bits per heavy atom. The van der Waals surface area contributed by atoms with Crippen LogP contribution in [0.25, 0.3) is 0 Å². The van der Waals surface area contributed by atoms with Crippen LogP contribution in [0.15, 0.2) is 157 Å². The topological polar surface area (TPSA) is 47.9 Å². The van der Waals surface area contributed by atoms with Crippen LogP contribution in [-0.2, 0) is 26.7 Å². The first-order valence-corrected chi connectivity index (χ1v) is 16.0. The minimum Gasteiger partial charge on any atom is -0.472 e. The highest BCUT2D eigenvalue weighted by atomic mass is 31.2. The van der Waals surface area contributed by atoms with Crippen molar-refractivity contribution in [1.29, 1.82) is 0 Å². The van der Waals surface area contributed by atoms with E-state index in [9.17, 15) is 0 Å². The van der Waals surface area contributed by atoms with Crippen molar-refractivity contribution in [2.75, 3.05) is 0 Å². The first-order chi connectivity index (χ1) is 20.6. The summed E-state index contributed by atoms with van der Waals surface area (Å²) in [5.74, 6) is 0.580. The van der Waals surface area contributed by atoms with E-state index in [0.29, 0.717) is 29.3 Å². The molecule has 4 nitrogen and oxygen atoms in total. The van der Waals surface area contributed by atoms with Gasteiger partial charge in [0.25, 0.3) is 7.37 Å². The van der Waals surface area contributed by atoms with E-state index in [1.807, 2.05) is 134 Å². The van der Waals surface area contributed by atoms with Crippen molar-refractivity contribution in [2.45, 2.75) is 37.5 Å². The van der Waals surface area contributed by atoms with Crippen LogP contribution in [0, 0.1) is 0 Å². The average Bonchev–Trinajstić information content (AvgIpc) is 3.45. The summed E-state index contributed by atoms with van der Waals surface area (Å²) in [5, 5.41) is 1.31. The second kappa shape index (κ2) is 12.3. The quantitative estimate of drug-likeness (QED) is 0.164. The monoisotopic (exact) mass is 571 g/mol. The van der Waals surface area contributed by atoms with Crippen LogP contribution < -0.4 is 10.6 Å². The van der Waals surface area contributed by atoms with Crippen LogP contribution in [0.1, 0.15) is 23.6 Å². The van der Waals surface area contributed by atoms with Gasteiger partial charge in [-0.05, 0) is 54.4 Å². The summed E-state index contributed by atoms with van der Waals surface area (Å²) < 4.78 is 29.3. The van der Waals surface area contributed by atoms with E-state index in [4.69, 9.17) is 14.3 Å². The minimum absolute atomic E-state index is 0.312.